The van der Waals surface area contributed by atoms with Gasteiger partial charge in [-0.2, -0.15) is 13.2 Å². The fraction of sp³-hybridized carbons (Fsp3) is 0.286. The number of alkyl halides is 3. The number of carbonyl (C=O) groups is 2. The number of rotatable bonds is 7. The molecule has 3 aromatic carbocycles. The maximum atomic E-state index is 13.0. The number of carboxylic acids is 1. The van der Waals surface area contributed by atoms with E-state index >= 15 is 0 Å². The van der Waals surface area contributed by atoms with E-state index in [2.05, 4.69) is 10.0 Å². The molecule has 1 saturated carbocycles. The minimum atomic E-state index is -5.08. The summed E-state index contributed by atoms with van der Waals surface area (Å²) in [5, 5.41) is 10.2. The van der Waals surface area contributed by atoms with Gasteiger partial charge in [0.1, 0.15) is 0 Å². The van der Waals surface area contributed by atoms with Crippen LogP contribution in [-0.2, 0) is 31.6 Å². The van der Waals surface area contributed by atoms with E-state index in [-0.39, 0.29) is 5.91 Å². The first-order chi connectivity index (χ1) is 18.2. The van der Waals surface area contributed by atoms with Crippen molar-refractivity contribution >= 4 is 27.6 Å². The summed E-state index contributed by atoms with van der Waals surface area (Å²) in [5.41, 5.74) is 4.40. The van der Waals surface area contributed by atoms with Gasteiger partial charge in [-0.15, -0.1) is 0 Å². The van der Waals surface area contributed by atoms with Crippen LogP contribution in [0, 0.1) is 20.8 Å². The van der Waals surface area contributed by atoms with Crippen LogP contribution in [-0.4, -0.2) is 31.6 Å². The van der Waals surface area contributed by atoms with Crippen LogP contribution >= 0.6 is 0 Å². The Labute approximate surface area is 225 Å². The molecular formula is C28H29F3N2O5S. The van der Waals surface area contributed by atoms with Crippen LogP contribution in [0.15, 0.2) is 71.6 Å². The summed E-state index contributed by atoms with van der Waals surface area (Å²) in [4.78, 5) is 22.1. The van der Waals surface area contributed by atoms with Gasteiger partial charge in [-0.3, -0.25) is 9.52 Å². The SMILES string of the molecule is Cc1cc(C)c(S(=O)(=O)Nc2ccc(C3(C(=O)NCc4ccccc4)CC3)cc2)c(C)c1.O=C(O)C(F)(F)F. The maximum Gasteiger partial charge on any atom is 0.490 e. The van der Waals surface area contributed by atoms with Crippen molar-refractivity contribution in [3.8, 4) is 0 Å². The van der Waals surface area contributed by atoms with E-state index in [0.29, 0.717) is 17.1 Å². The Morgan fingerprint density at radius 3 is 1.90 bits per heavy atom. The highest BCUT2D eigenvalue weighted by molar-refractivity contribution is 7.92. The second kappa shape index (κ2) is 11.5. The molecule has 3 N–H and O–H groups in total. The quantitative estimate of drug-likeness (QED) is 0.357. The van der Waals surface area contributed by atoms with E-state index in [4.69, 9.17) is 9.90 Å². The molecule has 1 fully saturated rings. The molecule has 0 bridgehead atoms. The Hall–Kier alpha value is -3.86. The Morgan fingerprint density at radius 2 is 1.44 bits per heavy atom. The number of aliphatic carboxylic acids is 1. The summed E-state index contributed by atoms with van der Waals surface area (Å²) in [7, 11) is -3.71. The Morgan fingerprint density at radius 1 is 0.923 bits per heavy atom. The number of amides is 1. The lowest BCUT2D eigenvalue weighted by Crippen LogP contribution is -2.34. The van der Waals surface area contributed by atoms with Gasteiger partial charge in [-0.05, 0) is 68.0 Å². The van der Waals surface area contributed by atoms with Crippen molar-refractivity contribution in [2.45, 2.75) is 56.6 Å². The van der Waals surface area contributed by atoms with Gasteiger partial charge in [0.05, 0.1) is 10.3 Å². The molecule has 0 saturated heterocycles. The topological polar surface area (TPSA) is 113 Å². The number of halogens is 3. The number of aryl methyl sites for hydroxylation is 3. The van der Waals surface area contributed by atoms with E-state index in [0.717, 1.165) is 40.7 Å². The predicted molar refractivity (Wildman–Crippen MR) is 141 cm³/mol. The molecule has 0 aliphatic heterocycles. The van der Waals surface area contributed by atoms with Gasteiger partial charge in [0.15, 0.2) is 0 Å². The highest BCUT2D eigenvalue weighted by atomic mass is 32.2. The van der Waals surface area contributed by atoms with Crippen molar-refractivity contribution in [2.24, 2.45) is 0 Å². The third-order valence-corrected chi connectivity index (χ3v) is 7.97. The minimum Gasteiger partial charge on any atom is -0.475 e. The first kappa shape index (κ1) is 29.7. The van der Waals surface area contributed by atoms with Crippen LogP contribution in [0.5, 0.6) is 0 Å². The largest absolute Gasteiger partial charge is 0.490 e. The molecule has 0 heterocycles. The van der Waals surface area contributed by atoms with E-state index in [9.17, 15) is 26.4 Å². The van der Waals surface area contributed by atoms with Crippen LogP contribution < -0.4 is 10.0 Å². The average Bonchev–Trinajstić information content (AvgIpc) is 3.64. The number of sulfonamides is 1. The number of carboxylic acid groups (broad SMARTS) is 1. The zero-order valence-corrected chi connectivity index (χ0v) is 22.4. The van der Waals surface area contributed by atoms with Crippen molar-refractivity contribution in [1.82, 2.24) is 5.32 Å². The van der Waals surface area contributed by atoms with Crippen LogP contribution in [0.2, 0.25) is 0 Å². The molecule has 39 heavy (non-hydrogen) atoms. The molecule has 1 aliphatic rings. The van der Waals surface area contributed by atoms with Gasteiger partial charge in [0.2, 0.25) is 5.91 Å². The van der Waals surface area contributed by atoms with Gasteiger partial charge in [0.25, 0.3) is 10.0 Å². The van der Waals surface area contributed by atoms with Crippen molar-refractivity contribution < 1.29 is 36.3 Å². The number of benzene rings is 3. The molecule has 1 amide bonds. The molecule has 11 heteroatoms. The number of hydrogen-bond donors (Lipinski definition) is 3. The van der Waals surface area contributed by atoms with Crippen LogP contribution in [0.4, 0.5) is 18.9 Å². The molecule has 208 valence electrons. The summed E-state index contributed by atoms with van der Waals surface area (Å²) < 4.78 is 60.4. The molecule has 0 spiro atoms. The van der Waals surface area contributed by atoms with Crippen LogP contribution in [0.1, 0.15) is 40.7 Å². The van der Waals surface area contributed by atoms with Gasteiger partial charge >= 0.3 is 12.1 Å². The predicted octanol–water partition coefficient (Wildman–Crippen LogP) is 5.39. The second-order valence-corrected chi connectivity index (χ2v) is 11.1. The summed E-state index contributed by atoms with van der Waals surface area (Å²) >= 11 is 0. The smallest absolute Gasteiger partial charge is 0.475 e. The lowest BCUT2D eigenvalue weighted by Gasteiger charge is -2.17. The monoisotopic (exact) mass is 562 g/mol. The highest BCUT2D eigenvalue weighted by Gasteiger charge is 2.51. The molecule has 0 atom stereocenters. The van der Waals surface area contributed by atoms with Crippen molar-refractivity contribution in [2.75, 3.05) is 4.72 Å². The first-order valence-corrected chi connectivity index (χ1v) is 13.5. The fourth-order valence-corrected chi connectivity index (χ4v) is 5.89. The van der Waals surface area contributed by atoms with Crippen molar-refractivity contribution in [1.29, 1.82) is 0 Å². The van der Waals surface area contributed by atoms with E-state index < -0.39 is 27.6 Å². The summed E-state index contributed by atoms with van der Waals surface area (Å²) in [5.74, 6) is -2.74. The molecule has 0 aromatic heterocycles. The van der Waals surface area contributed by atoms with Gasteiger partial charge in [0, 0.05) is 12.2 Å². The number of carbonyl (C=O) groups excluding carboxylic acids is 1. The first-order valence-electron chi connectivity index (χ1n) is 12.0. The Kier molecular flexibility index (Phi) is 8.74. The summed E-state index contributed by atoms with van der Waals surface area (Å²) in [6.45, 7) is 6.06. The molecule has 1 aliphatic carbocycles. The normalized spacial score (nSPS) is 14.0. The van der Waals surface area contributed by atoms with Gasteiger partial charge < -0.3 is 10.4 Å². The van der Waals surface area contributed by atoms with E-state index in [1.54, 1.807) is 12.1 Å². The molecule has 7 nitrogen and oxygen atoms in total. The molecule has 0 unspecified atom stereocenters. The summed E-state index contributed by atoms with van der Waals surface area (Å²) in [6, 6.07) is 20.7. The maximum absolute atomic E-state index is 13.0. The third-order valence-electron chi connectivity index (χ3n) is 6.29. The standard InChI is InChI=1S/C26H28N2O3S.C2HF3O2/c1-18-15-19(2)24(20(3)16-18)32(30,31)28-23-11-9-22(10-12-23)26(13-14-26)25(29)27-17-21-7-5-4-6-8-21;3-2(4,5)1(6)7/h4-12,15-16,28H,13-14,17H2,1-3H3,(H,27,29);(H,6,7). The number of hydrogen-bond acceptors (Lipinski definition) is 4. The lowest BCUT2D eigenvalue weighted by molar-refractivity contribution is -0.192. The van der Waals surface area contributed by atoms with E-state index in [1.165, 1.54) is 0 Å². The van der Waals surface area contributed by atoms with Gasteiger partial charge in [-0.25, -0.2) is 13.2 Å². The molecule has 0 radical (unpaired) electrons. The number of anilines is 1. The van der Waals surface area contributed by atoms with Crippen LogP contribution in [0.25, 0.3) is 0 Å². The van der Waals surface area contributed by atoms with Gasteiger partial charge in [-0.1, -0.05) is 60.2 Å². The zero-order chi connectivity index (χ0) is 29.0. The summed E-state index contributed by atoms with van der Waals surface area (Å²) in [6.07, 6.45) is -3.50. The Bertz CT molecular complexity index is 1430. The molecule has 3 aromatic rings. The fourth-order valence-electron chi connectivity index (χ4n) is 4.37. The van der Waals surface area contributed by atoms with Crippen molar-refractivity contribution in [3.63, 3.8) is 0 Å². The van der Waals surface area contributed by atoms with Crippen LogP contribution in [0.3, 0.4) is 0 Å². The van der Waals surface area contributed by atoms with E-state index in [1.807, 2.05) is 75.4 Å². The van der Waals surface area contributed by atoms with Crippen molar-refractivity contribution in [3.05, 3.63) is 94.5 Å². The second-order valence-electron chi connectivity index (χ2n) is 9.46. The number of nitrogens with one attached hydrogen (secondary N) is 2. The molecular weight excluding hydrogens is 533 g/mol. The third kappa shape index (κ3) is 7.38. The minimum absolute atomic E-state index is 0.0144. The Balaban J connectivity index is 0.000000532. The highest BCUT2D eigenvalue weighted by Crippen LogP contribution is 2.48. The average molecular weight is 563 g/mol. The molecule has 4 rings (SSSR count). The lowest BCUT2D eigenvalue weighted by atomic mass is 9.94. The zero-order valence-electron chi connectivity index (χ0n) is 21.6.